The molecule has 0 aliphatic carbocycles. The summed E-state index contributed by atoms with van der Waals surface area (Å²) in [6.45, 7) is -0.760. The van der Waals surface area contributed by atoms with E-state index in [2.05, 4.69) is 0 Å². The first kappa shape index (κ1) is 15.5. The van der Waals surface area contributed by atoms with Gasteiger partial charge in [0.2, 0.25) is 0 Å². The van der Waals surface area contributed by atoms with Crippen molar-refractivity contribution >= 4 is 6.29 Å². The maximum absolute atomic E-state index is 9.90. The van der Waals surface area contributed by atoms with Crippen LogP contribution in [0.4, 0.5) is 0 Å². The summed E-state index contributed by atoms with van der Waals surface area (Å²) in [6.07, 6.45) is -6.84. The van der Waals surface area contributed by atoms with E-state index >= 15 is 0 Å². The summed E-state index contributed by atoms with van der Waals surface area (Å²) in [5, 5.41) is 43.5. The van der Waals surface area contributed by atoms with Crippen LogP contribution in [0.15, 0.2) is 0 Å². The second-order valence-corrected chi connectivity index (χ2v) is 2.36. The number of hydrogen-bond donors (Lipinski definition) is 5. The standard InChI is InChI=1S/C6H12O6.Cr/c7-1-3(9)5(11)6(12)4(10)2-8;/h1,3-6,8-12H,2H2;/t3-,4+,5+,6+;/m0./s1. The predicted octanol–water partition coefficient (Wildman–Crippen LogP) is -3.38. The average molecular weight is 232 g/mol. The summed E-state index contributed by atoms with van der Waals surface area (Å²) in [7, 11) is 0. The van der Waals surface area contributed by atoms with Gasteiger partial charge < -0.3 is 30.3 Å². The van der Waals surface area contributed by atoms with E-state index in [-0.39, 0.29) is 23.6 Å². The Kier molecular flexibility index (Phi) is 8.82. The zero-order valence-corrected chi connectivity index (χ0v) is 7.92. The van der Waals surface area contributed by atoms with Gasteiger partial charge >= 0.3 is 0 Å². The van der Waals surface area contributed by atoms with E-state index in [1.54, 1.807) is 0 Å². The topological polar surface area (TPSA) is 118 Å². The number of carbonyl (C=O) groups excluding carboxylic acids is 1. The van der Waals surface area contributed by atoms with Gasteiger partial charge in [0, 0.05) is 17.4 Å². The Morgan fingerprint density at radius 2 is 1.54 bits per heavy atom. The average Bonchev–Trinajstić information content (AvgIpc) is 2.12. The second-order valence-electron chi connectivity index (χ2n) is 2.36. The number of aliphatic hydroxyl groups is 5. The number of carbonyl (C=O) groups is 1. The SMILES string of the molecule is O=C[C@H](O)[C@@H](O)[C@H](O)[C@H](O)CO.[Cr]. The van der Waals surface area contributed by atoms with Crippen molar-refractivity contribution in [1.29, 1.82) is 0 Å². The summed E-state index contributed by atoms with van der Waals surface area (Å²) < 4.78 is 0. The Morgan fingerprint density at radius 3 is 1.85 bits per heavy atom. The van der Waals surface area contributed by atoms with E-state index in [0.29, 0.717) is 0 Å². The molecule has 0 aromatic heterocycles. The fraction of sp³-hybridized carbons (Fsp3) is 0.833. The van der Waals surface area contributed by atoms with Crippen molar-refractivity contribution in [1.82, 2.24) is 0 Å². The van der Waals surface area contributed by atoms with E-state index in [9.17, 15) is 4.79 Å². The van der Waals surface area contributed by atoms with Crippen molar-refractivity contribution in [2.24, 2.45) is 0 Å². The predicted molar refractivity (Wildman–Crippen MR) is 37.2 cm³/mol. The van der Waals surface area contributed by atoms with Crippen molar-refractivity contribution in [3.8, 4) is 0 Å². The maximum Gasteiger partial charge on any atom is 0.151 e. The van der Waals surface area contributed by atoms with Crippen LogP contribution < -0.4 is 0 Å². The molecule has 0 aromatic carbocycles. The molecule has 0 fully saturated rings. The molecule has 5 N–H and O–H groups in total. The van der Waals surface area contributed by atoms with E-state index < -0.39 is 31.0 Å². The summed E-state index contributed by atoms with van der Waals surface area (Å²) in [6, 6.07) is 0. The molecule has 0 amide bonds. The van der Waals surface area contributed by atoms with Crippen molar-refractivity contribution < 1.29 is 47.7 Å². The molecule has 0 aliphatic rings. The van der Waals surface area contributed by atoms with Gasteiger partial charge in [-0.3, -0.25) is 0 Å². The van der Waals surface area contributed by atoms with Gasteiger partial charge in [-0.05, 0) is 0 Å². The van der Waals surface area contributed by atoms with Crippen LogP contribution in [0, 0.1) is 0 Å². The van der Waals surface area contributed by atoms with E-state index in [4.69, 9.17) is 25.5 Å². The Balaban J connectivity index is 0. The van der Waals surface area contributed by atoms with Crippen molar-refractivity contribution in [2.75, 3.05) is 6.61 Å². The quantitative estimate of drug-likeness (QED) is 0.316. The maximum atomic E-state index is 9.90. The van der Waals surface area contributed by atoms with Crippen LogP contribution in [-0.2, 0) is 22.2 Å². The van der Waals surface area contributed by atoms with Crippen LogP contribution in [0.2, 0.25) is 0 Å². The van der Waals surface area contributed by atoms with Crippen molar-refractivity contribution in [3.05, 3.63) is 0 Å². The molecule has 13 heavy (non-hydrogen) atoms. The van der Waals surface area contributed by atoms with Gasteiger partial charge in [-0.2, -0.15) is 0 Å². The monoisotopic (exact) mass is 232 g/mol. The van der Waals surface area contributed by atoms with Gasteiger partial charge in [0.1, 0.15) is 24.4 Å². The van der Waals surface area contributed by atoms with Gasteiger partial charge in [-0.15, -0.1) is 0 Å². The molecular formula is C6H12CrO6. The zero-order valence-electron chi connectivity index (χ0n) is 6.65. The molecule has 0 bridgehead atoms. The molecule has 0 spiro atoms. The first-order valence-electron chi connectivity index (χ1n) is 3.33. The van der Waals surface area contributed by atoms with Crippen LogP contribution in [-0.4, -0.2) is 62.8 Å². The summed E-state index contributed by atoms with van der Waals surface area (Å²) in [5.74, 6) is 0. The number of aliphatic hydroxyl groups excluding tert-OH is 5. The molecule has 0 aromatic rings. The van der Waals surface area contributed by atoms with E-state index in [0.717, 1.165) is 0 Å². The molecule has 6 nitrogen and oxygen atoms in total. The molecule has 78 valence electrons. The summed E-state index contributed by atoms with van der Waals surface area (Å²) >= 11 is 0. The zero-order chi connectivity index (χ0) is 9.72. The number of hydrogen-bond acceptors (Lipinski definition) is 6. The minimum Gasteiger partial charge on any atom is -0.394 e. The van der Waals surface area contributed by atoms with E-state index in [1.165, 1.54) is 0 Å². The minimum atomic E-state index is -1.79. The Labute approximate surface area is 85.6 Å². The van der Waals surface area contributed by atoms with Crippen LogP contribution >= 0.6 is 0 Å². The third-order valence-corrected chi connectivity index (χ3v) is 1.42. The molecule has 7 heteroatoms. The summed E-state index contributed by atoms with van der Waals surface area (Å²) in [5.41, 5.74) is 0. The largest absolute Gasteiger partial charge is 0.394 e. The van der Waals surface area contributed by atoms with Crippen LogP contribution in [0.3, 0.4) is 0 Å². The van der Waals surface area contributed by atoms with Gasteiger partial charge in [0.25, 0.3) is 0 Å². The first-order chi connectivity index (χ1) is 5.54. The van der Waals surface area contributed by atoms with Crippen LogP contribution in [0.25, 0.3) is 0 Å². The van der Waals surface area contributed by atoms with Gasteiger partial charge in [0.15, 0.2) is 6.29 Å². The minimum absolute atomic E-state index is 0. The first-order valence-corrected chi connectivity index (χ1v) is 3.33. The molecule has 4 atom stereocenters. The Hall–Kier alpha value is 0.00247. The third kappa shape index (κ3) is 4.69. The van der Waals surface area contributed by atoms with Crippen LogP contribution in [0.5, 0.6) is 0 Å². The fourth-order valence-electron chi connectivity index (χ4n) is 0.618. The molecule has 0 unspecified atom stereocenters. The number of aldehydes is 1. The third-order valence-electron chi connectivity index (χ3n) is 1.42. The summed E-state index contributed by atoms with van der Waals surface area (Å²) in [4.78, 5) is 9.90. The fourth-order valence-corrected chi connectivity index (χ4v) is 0.618. The molecule has 0 saturated heterocycles. The molecule has 0 radical (unpaired) electrons. The van der Waals surface area contributed by atoms with Crippen molar-refractivity contribution in [2.45, 2.75) is 24.4 Å². The normalized spacial score (nSPS) is 19.5. The second kappa shape index (κ2) is 7.41. The van der Waals surface area contributed by atoms with Gasteiger partial charge in [-0.1, -0.05) is 0 Å². The Bertz CT molecular complexity index is 143. The molecule has 0 aliphatic heterocycles. The van der Waals surface area contributed by atoms with Crippen molar-refractivity contribution in [3.63, 3.8) is 0 Å². The van der Waals surface area contributed by atoms with E-state index in [1.807, 2.05) is 0 Å². The number of rotatable bonds is 5. The molecule has 0 saturated carbocycles. The van der Waals surface area contributed by atoms with Crippen LogP contribution in [0.1, 0.15) is 0 Å². The van der Waals surface area contributed by atoms with Gasteiger partial charge in [-0.25, -0.2) is 0 Å². The van der Waals surface area contributed by atoms with Gasteiger partial charge in [0.05, 0.1) is 6.61 Å². The molecule has 0 rings (SSSR count). The smallest absolute Gasteiger partial charge is 0.151 e. The Morgan fingerprint density at radius 1 is 1.08 bits per heavy atom. The molecular weight excluding hydrogens is 220 g/mol. The molecule has 0 heterocycles.